The molecule has 0 fully saturated rings. The lowest BCUT2D eigenvalue weighted by Gasteiger charge is -2.26. The Bertz CT molecular complexity index is 616. The lowest BCUT2D eigenvalue weighted by atomic mass is 9.98. The SMILES string of the molecule is Fc1ccc(-n2ncc3c2C[C@@H](C(F)(F)F)CN3)cc1. The van der Waals surface area contributed by atoms with E-state index in [1.165, 1.54) is 35.1 Å². The maximum Gasteiger partial charge on any atom is 0.393 e. The Labute approximate surface area is 112 Å². The van der Waals surface area contributed by atoms with Gasteiger partial charge in [0.05, 0.1) is 29.2 Å². The number of nitrogens with zero attached hydrogens (tertiary/aromatic N) is 2. The summed E-state index contributed by atoms with van der Waals surface area (Å²) in [5.41, 5.74) is 1.59. The van der Waals surface area contributed by atoms with Crippen LogP contribution in [0.15, 0.2) is 30.5 Å². The minimum absolute atomic E-state index is 0.136. The highest BCUT2D eigenvalue weighted by Crippen LogP contribution is 2.35. The number of benzene rings is 1. The van der Waals surface area contributed by atoms with Gasteiger partial charge in [0.25, 0.3) is 0 Å². The number of hydrogen-bond donors (Lipinski definition) is 1. The Kier molecular flexibility index (Phi) is 2.92. The quantitative estimate of drug-likeness (QED) is 0.816. The molecule has 3 rings (SSSR count). The predicted molar refractivity (Wildman–Crippen MR) is 65.3 cm³/mol. The van der Waals surface area contributed by atoms with Crippen LogP contribution in [0.2, 0.25) is 0 Å². The monoisotopic (exact) mass is 285 g/mol. The molecule has 1 aliphatic heterocycles. The van der Waals surface area contributed by atoms with E-state index in [9.17, 15) is 17.6 Å². The average molecular weight is 285 g/mol. The van der Waals surface area contributed by atoms with E-state index in [4.69, 9.17) is 0 Å². The molecular weight excluding hydrogens is 274 g/mol. The molecule has 0 aliphatic carbocycles. The van der Waals surface area contributed by atoms with E-state index in [1.54, 1.807) is 0 Å². The van der Waals surface area contributed by atoms with Gasteiger partial charge in [-0.25, -0.2) is 9.07 Å². The van der Waals surface area contributed by atoms with Crippen molar-refractivity contribution in [3.05, 3.63) is 42.0 Å². The Hall–Kier alpha value is -2.05. The lowest BCUT2D eigenvalue weighted by Crippen LogP contribution is -2.35. The normalized spacial score (nSPS) is 18.5. The second-order valence-corrected chi connectivity index (χ2v) is 4.72. The van der Waals surface area contributed by atoms with Crippen molar-refractivity contribution in [3.63, 3.8) is 0 Å². The van der Waals surface area contributed by atoms with Crippen molar-refractivity contribution in [1.29, 1.82) is 0 Å². The van der Waals surface area contributed by atoms with E-state index in [2.05, 4.69) is 10.4 Å². The molecule has 0 unspecified atom stereocenters. The highest BCUT2D eigenvalue weighted by atomic mass is 19.4. The van der Waals surface area contributed by atoms with Crippen molar-refractivity contribution < 1.29 is 17.6 Å². The number of fused-ring (bicyclic) bond motifs is 1. The first-order valence-electron chi connectivity index (χ1n) is 6.08. The van der Waals surface area contributed by atoms with Crippen LogP contribution in [0, 0.1) is 11.7 Å². The first-order chi connectivity index (χ1) is 9.45. The molecule has 3 nitrogen and oxygen atoms in total. The molecule has 2 heterocycles. The molecule has 0 saturated carbocycles. The topological polar surface area (TPSA) is 29.9 Å². The van der Waals surface area contributed by atoms with E-state index in [0.717, 1.165) is 0 Å². The average Bonchev–Trinajstić information content (AvgIpc) is 2.81. The summed E-state index contributed by atoms with van der Waals surface area (Å²) in [5.74, 6) is -1.84. The molecule has 0 saturated heterocycles. The van der Waals surface area contributed by atoms with Gasteiger partial charge in [0.15, 0.2) is 0 Å². The molecule has 0 spiro atoms. The third-order valence-corrected chi connectivity index (χ3v) is 3.38. The van der Waals surface area contributed by atoms with Gasteiger partial charge in [0.1, 0.15) is 5.82 Å². The summed E-state index contributed by atoms with van der Waals surface area (Å²) in [6, 6.07) is 5.47. The van der Waals surface area contributed by atoms with Crippen molar-refractivity contribution in [3.8, 4) is 5.69 Å². The van der Waals surface area contributed by atoms with Crippen LogP contribution in [-0.4, -0.2) is 22.5 Å². The molecule has 1 N–H and O–H groups in total. The van der Waals surface area contributed by atoms with E-state index in [-0.39, 0.29) is 13.0 Å². The zero-order chi connectivity index (χ0) is 14.3. The van der Waals surface area contributed by atoms with Gasteiger partial charge in [0, 0.05) is 13.0 Å². The Morgan fingerprint density at radius 3 is 2.55 bits per heavy atom. The molecule has 1 aromatic carbocycles. The summed E-state index contributed by atoms with van der Waals surface area (Å²) in [6.07, 6.45) is -2.89. The first kappa shape index (κ1) is 13.0. The van der Waals surface area contributed by atoms with E-state index in [0.29, 0.717) is 17.1 Å². The van der Waals surface area contributed by atoms with Gasteiger partial charge in [0.2, 0.25) is 0 Å². The first-order valence-corrected chi connectivity index (χ1v) is 6.08. The maximum absolute atomic E-state index is 12.9. The Balaban J connectivity index is 1.97. The van der Waals surface area contributed by atoms with Gasteiger partial charge in [-0.05, 0) is 24.3 Å². The number of anilines is 1. The summed E-state index contributed by atoms with van der Waals surface area (Å²) >= 11 is 0. The maximum atomic E-state index is 12.9. The van der Waals surface area contributed by atoms with Crippen LogP contribution >= 0.6 is 0 Å². The van der Waals surface area contributed by atoms with Crippen LogP contribution in [0.5, 0.6) is 0 Å². The second kappa shape index (κ2) is 4.50. The van der Waals surface area contributed by atoms with Crippen LogP contribution in [0.25, 0.3) is 5.69 Å². The third-order valence-electron chi connectivity index (χ3n) is 3.38. The fourth-order valence-corrected chi connectivity index (χ4v) is 2.29. The number of rotatable bonds is 1. The van der Waals surface area contributed by atoms with Crippen LogP contribution in [-0.2, 0) is 6.42 Å². The van der Waals surface area contributed by atoms with Gasteiger partial charge in [-0.2, -0.15) is 18.3 Å². The minimum atomic E-state index is -4.25. The smallest absolute Gasteiger partial charge is 0.382 e. The van der Waals surface area contributed by atoms with Gasteiger partial charge in [-0.3, -0.25) is 0 Å². The van der Waals surface area contributed by atoms with E-state index >= 15 is 0 Å². The zero-order valence-electron chi connectivity index (χ0n) is 10.3. The van der Waals surface area contributed by atoms with Gasteiger partial charge >= 0.3 is 6.18 Å². The van der Waals surface area contributed by atoms with Gasteiger partial charge in [-0.1, -0.05) is 0 Å². The summed E-state index contributed by atoms with van der Waals surface area (Å²) in [4.78, 5) is 0. The number of halogens is 4. The largest absolute Gasteiger partial charge is 0.393 e. The summed E-state index contributed by atoms with van der Waals surface area (Å²) in [6.45, 7) is -0.147. The molecular formula is C13H11F4N3. The van der Waals surface area contributed by atoms with Crippen LogP contribution in [0.1, 0.15) is 5.69 Å². The van der Waals surface area contributed by atoms with Crippen molar-refractivity contribution in [2.75, 3.05) is 11.9 Å². The van der Waals surface area contributed by atoms with Crippen LogP contribution in [0.4, 0.5) is 23.2 Å². The fraction of sp³-hybridized carbons (Fsp3) is 0.308. The van der Waals surface area contributed by atoms with Crippen molar-refractivity contribution in [1.82, 2.24) is 9.78 Å². The molecule has 106 valence electrons. The summed E-state index contributed by atoms with van der Waals surface area (Å²) in [5, 5.41) is 6.82. The molecule has 1 atom stereocenters. The lowest BCUT2D eigenvalue weighted by molar-refractivity contribution is -0.171. The molecule has 0 bridgehead atoms. The van der Waals surface area contributed by atoms with E-state index in [1.807, 2.05) is 0 Å². The molecule has 0 amide bonds. The Morgan fingerprint density at radius 1 is 1.20 bits per heavy atom. The third kappa shape index (κ3) is 2.23. The predicted octanol–water partition coefficient (Wildman–Crippen LogP) is 3.16. The number of aromatic nitrogens is 2. The summed E-state index contributed by atoms with van der Waals surface area (Å²) < 4.78 is 52.7. The second-order valence-electron chi connectivity index (χ2n) is 4.72. The van der Waals surface area contributed by atoms with Crippen LogP contribution in [0.3, 0.4) is 0 Å². The van der Waals surface area contributed by atoms with Gasteiger partial charge < -0.3 is 5.32 Å². The van der Waals surface area contributed by atoms with Gasteiger partial charge in [-0.15, -0.1) is 0 Å². The number of alkyl halides is 3. The Morgan fingerprint density at radius 2 is 1.90 bits per heavy atom. The zero-order valence-corrected chi connectivity index (χ0v) is 10.3. The summed E-state index contributed by atoms with van der Waals surface area (Å²) in [7, 11) is 0. The standard InChI is InChI=1S/C13H11F4N3/c14-9-1-3-10(4-2-9)20-12-5-8(13(15,16)17)6-18-11(12)7-19-20/h1-4,7-8,18H,5-6H2/t8-/m1/s1. The molecule has 7 heteroatoms. The molecule has 20 heavy (non-hydrogen) atoms. The fourth-order valence-electron chi connectivity index (χ4n) is 2.29. The minimum Gasteiger partial charge on any atom is -0.382 e. The molecule has 1 aromatic heterocycles. The van der Waals surface area contributed by atoms with Crippen molar-refractivity contribution >= 4 is 5.69 Å². The van der Waals surface area contributed by atoms with E-state index < -0.39 is 17.9 Å². The highest BCUT2D eigenvalue weighted by Gasteiger charge is 2.42. The van der Waals surface area contributed by atoms with Crippen molar-refractivity contribution in [2.24, 2.45) is 5.92 Å². The highest BCUT2D eigenvalue weighted by molar-refractivity contribution is 5.52. The molecule has 2 aromatic rings. The number of nitrogens with one attached hydrogen (secondary N) is 1. The molecule has 1 aliphatic rings. The van der Waals surface area contributed by atoms with Crippen molar-refractivity contribution in [2.45, 2.75) is 12.6 Å². The molecule has 0 radical (unpaired) electrons. The number of hydrogen-bond acceptors (Lipinski definition) is 2. The van der Waals surface area contributed by atoms with Crippen LogP contribution < -0.4 is 5.32 Å².